The molecule has 0 saturated carbocycles. The summed E-state index contributed by atoms with van der Waals surface area (Å²) in [6.45, 7) is 3.94. The SMILES string of the molecule is CCc1c(C)sc(NC(=O)c2cc(OC)ccn2)c1C#N. The van der Waals surface area contributed by atoms with Crippen molar-refractivity contribution in [3.63, 3.8) is 0 Å². The van der Waals surface area contributed by atoms with Crippen LogP contribution in [0, 0.1) is 18.3 Å². The molecular weight excluding hydrogens is 286 g/mol. The lowest BCUT2D eigenvalue weighted by molar-refractivity contribution is 0.102. The predicted molar refractivity (Wildman–Crippen MR) is 81.9 cm³/mol. The lowest BCUT2D eigenvalue weighted by atomic mass is 10.1. The number of amides is 1. The van der Waals surface area contributed by atoms with E-state index in [-0.39, 0.29) is 11.6 Å². The van der Waals surface area contributed by atoms with Gasteiger partial charge in [0.25, 0.3) is 5.91 Å². The number of methoxy groups -OCH3 is 1. The van der Waals surface area contributed by atoms with Gasteiger partial charge in [0.05, 0.1) is 12.7 Å². The van der Waals surface area contributed by atoms with Crippen LogP contribution in [0.25, 0.3) is 0 Å². The monoisotopic (exact) mass is 301 g/mol. The van der Waals surface area contributed by atoms with Gasteiger partial charge < -0.3 is 10.1 Å². The summed E-state index contributed by atoms with van der Waals surface area (Å²) < 4.78 is 5.07. The Bertz CT molecular complexity index is 716. The number of nitrogens with zero attached hydrogens (tertiary/aromatic N) is 2. The molecule has 0 aliphatic carbocycles. The molecule has 0 unspecified atom stereocenters. The topological polar surface area (TPSA) is 75.0 Å². The first-order valence-corrected chi connectivity index (χ1v) is 7.26. The number of nitriles is 1. The van der Waals surface area contributed by atoms with Crippen LogP contribution in [-0.2, 0) is 6.42 Å². The fourth-order valence-corrected chi connectivity index (χ4v) is 3.13. The minimum absolute atomic E-state index is 0.252. The number of aryl methyl sites for hydroxylation is 1. The highest BCUT2D eigenvalue weighted by molar-refractivity contribution is 7.16. The molecule has 0 aliphatic heterocycles. The summed E-state index contributed by atoms with van der Waals surface area (Å²) in [5.41, 5.74) is 1.77. The van der Waals surface area contributed by atoms with Gasteiger partial charge in [-0.15, -0.1) is 11.3 Å². The molecule has 21 heavy (non-hydrogen) atoms. The molecule has 5 nitrogen and oxygen atoms in total. The summed E-state index contributed by atoms with van der Waals surface area (Å²) in [6, 6.07) is 5.39. The summed E-state index contributed by atoms with van der Waals surface area (Å²) in [6.07, 6.45) is 2.27. The van der Waals surface area contributed by atoms with Gasteiger partial charge in [-0.25, -0.2) is 0 Å². The van der Waals surface area contributed by atoms with E-state index in [1.807, 2.05) is 13.8 Å². The van der Waals surface area contributed by atoms with Gasteiger partial charge >= 0.3 is 0 Å². The second kappa shape index (κ2) is 6.37. The van der Waals surface area contributed by atoms with Crippen molar-refractivity contribution in [3.05, 3.63) is 40.0 Å². The Hall–Kier alpha value is -2.39. The first kappa shape index (κ1) is 15.0. The van der Waals surface area contributed by atoms with Crippen molar-refractivity contribution in [3.8, 4) is 11.8 Å². The first-order valence-electron chi connectivity index (χ1n) is 6.44. The second-order valence-corrected chi connectivity index (χ2v) is 5.57. The van der Waals surface area contributed by atoms with E-state index in [4.69, 9.17) is 4.74 Å². The molecule has 0 atom stereocenters. The fourth-order valence-electron chi connectivity index (χ4n) is 2.04. The van der Waals surface area contributed by atoms with Gasteiger partial charge in [0, 0.05) is 17.1 Å². The van der Waals surface area contributed by atoms with Crippen molar-refractivity contribution in [1.82, 2.24) is 4.98 Å². The molecule has 0 aromatic carbocycles. The zero-order chi connectivity index (χ0) is 15.4. The summed E-state index contributed by atoms with van der Waals surface area (Å²) in [7, 11) is 1.53. The van der Waals surface area contributed by atoms with Crippen LogP contribution in [0.15, 0.2) is 18.3 Å². The highest BCUT2D eigenvalue weighted by Crippen LogP contribution is 2.33. The van der Waals surface area contributed by atoms with Gasteiger partial charge in [-0.05, 0) is 25.0 Å². The summed E-state index contributed by atoms with van der Waals surface area (Å²) in [4.78, 5) is 17.3. The third kappa shape index (κ3) is 3.03. The number of carbonyl (C=O) groups is 1. The van der Waals surface area contributed by atoms with Gasteiger partial charge in [-0.3, -0.25) is 9.78 Å². The van der Waals surface area contributed by atoms with E-state index in [9.17, 15) is 10.1 Å². The Morgan fingerprint density at radius 1 is 1.57 bits per heavy atom. The molecule has 0 radical (unpaired) electrons. The molecule has 1 amide bonds. The van der Waals surface area contributed by atoms with Gasteiger partial charge in [0.1, 0.15) is 22.5 Å². The zero-order valence-corrected chi connectivity index (χ0v) is 12.9. The van der Waals surface area contributed by atoms with Crippen molar-refractivity contribution >= 4 is 22.2 Å². The highest BCUT2D eigenvalue weighted by atomic mass is 32.1. The molecule has 108 valence electrons. The van der Waals surface area contributed by atoms with Crippen molar-refractivity contribution < 1.29 is 9.53 Å². The van der Waals surface area contributed by atoms with E-state index in [2.05, 4.69) is 16.4 Å². The fraction of sp³-hybridized carbons (Fsp3) is 0.267. The first-order chi connectivity index (χ1) is 10.1. The maximum atomic E-state index is 12.2. The minimum Gasteiger partial charge on any atom is -0.497 e. The van der Waals surface area contributed by atoms with E-state index in [1.54, 1.807) is 12.1 Å². The molecule has 6 heteroatoms. The second-order valence-electron chi connectivity index (χ2n) is 4.34. The summed E-state index contributed by atoms with van der Waals surface area (Å²) in [5.74, 6) is 0.210. The number of rotatable bonds is 4. The molecule has 0 saturated heterocycles. The Balaban J connectivity index is 2.30. The van der Waals surface area contributed by atoms with E-state index >= 15 is 0 Å². The number of ether oxygens (including phenoxy) is 1. The number of hydrogen-bond donors (Lipinski definition) is 1. The number of anilines is 1. The lowest BCUT2D eigenvalue weighted by Gasteiger charge is -2.04. The number of pyridine rings is 1. The number of hydrogen-bond acceptors (Lipinski definition) is 5. The Morgan fingerprint density at radius 3 is 2.95 bits per heavy atom. The molecule has 0 spiro atoms. The smallest absolute Gasteiger partial charge is 0.275 e. The molecule has 0 bridgehead atoms. The van der Waals surface area contributed by atoms with Crippen molar-refractivity contribution in [2.24, 2.45) is 0 Å². The zero-order valence-electron chi connectivity index (χ0n) is 12.1. The van der Waals surface area contributed by atoms with Crippen LogP contribution >= 0.6 is 11.3 Å². The van der Waals surface area contributed by atoms with Crippen LogP contribution in [0.1, 0.15) is 33.4 Å². The van der Waals surface area contributed by atoms with Crippen LogP contribution in [0.2, 0.25) is 0 Å². The average molecular weight is 301 g/mol. The van der Waals surface area contributed by atoms with Crippen molar-refractivity contribution in [2.45, 2.75) is 20.3 Å². The maximum absolute atomic E-state index is 12.2. The van der Waals surface area contributed by atoms with Gasteiger partial charge in [-0.1, -0.05) is 6.92 Å². The average Bonchev–Trinajstić information content (AvgIpc) is 2.81. The summed E-state index contributed by atoms with van der Waals surface area (Å²) >= 11 is 1.41. The lowest BCUT2D eigenvalue weighted by Crippen LogP contribution is -2.13. The van der Waals surface area contributed by atoms with Gasteiger partial charge in [0.2, 0.25) is 0 Å². The minimum atomic E-state index is -0.352. The standard InChI is InChI=1S/C15H15N3O2S/c1-4-11-9(2)21-15(12(11)8-16)18-14(19)13-7-10(20-3)5-6-17-13/h5-7H,4H2,1-3H3,(H,18,19). The molecule has 1 N–H and O–H groups in total. The molecule has 2 aromatic rings. The van der Waals surface area contributed by atoms with Gasteiger partial charge in [-0.2, -0.15) is 5.26 Å². The van der Waals surface area contributed by atoms with Crippen LogP contribution in [0.4, 0.5) is 5.00 Å². The van der Waals surface area contributed by atoms with E-state index < -0.39 is 0 Å². The Labute approximate surface area is 127 Å². The normalized spacial score (nSPS) is 10.0. The summed E-state index contributed by atoms with van der Waals surface area (Å²) in [5, 5.41) is 12.6. The number of aromatic nitrogens is 1. The molecule has 2 heterocycles. The van der Waals surface area contributed by atoms with Crippen LogP contribution in [-0.4, -0.2) is 18.0 Å². The van der Waals surface area contributed by atoms with E-state index in [0.29, 0.717) is 16.3 Å². The molecule has 2 rings (SSSR count). The van der Waals surface area contributed by atoms with E-state index in [0.717, 1.165) is 16.9 Å². The third-order valence-electron chi connectivity index (χ3n) is 3.10. The maximum Gasteiger partial charge on any atom is 0.275 e. The van der Waals surface area contributed by atoms with Gasteiger partial charge in [0.15, 0.2) is 0 Å². The predicted octanol–water partition coefficient (Wildman–Crippen LogP) is 3.15. The number of nitrogens with one attached hydrogen (secondary N) is 1. The van der Waals surface area contributed by atoms with Crippen LogP contribution in [0.5, 0.6) is 5.75 Å². The third-order valence-corrected chi connectivity index (χ3v) is 4.16. The molecule has 0 aliphatic rings. The van der Waals surface area contributed by atoms with E-state index in [1.165, 1.54) is 24.6 Å². The van der Waals surface area contributed by atoms with Crippen molar-refractivity contribution in [1.29, 1.82) is 5.26 Å². The van der Waals surface area contributed by atoms with Crippen LogP contribution < -0.4 is 10.1 Å². The number of carbonyl (C=O) groups excluding carboxylic acids is 1. The van der Waals surface area contributed by atoms with Crippen molar-refractivity contribution in [2.75, 3.05) is 12.4 Å². The molecule has 0 fully saturated rings. The number of thiophene rings is 1. The highest BCUT2D eigenvalue weighted by Gasteiger charge is 2.17. The molecule has 2 aromatic heterocycles. The van der Waals surface area contributed by atoms with Crippen LogP contribution in [0.3, 0.4) is 0 Å². The quantitative estimate of drug-likeness (QED) is 0.941. The Morgan fingerprint density at radius 2 is 2.33 bits per heavy atom. The largest absolute Gasteiger partial charge is 0.497 e. The molecular formula is C15H15N3O2S. The Kier molecular flexibility index (Phi) is 4.55.